The first-order valence-corrected chi connectivity index (χ1v) is 6.55. The summed E-state index contributed by atoms with van der Waals surface area (Å²) in [6.07, 6.45) is 5.20. The average Bonchev–Trinajstić information content (AvgIpc) is 2.46. The van der Waals surface area contributed by atoms with Crippen LogP contribution in [0.5, 0.6) is 0 Å². The number of hydrogen-bond acceptors (Lipinski definition) is 5. The van der Waals surface area contributed by atoms with Gasteiger partial charge in [0.15, 0.2) is 22.8 Å². The molecule has 0 radical (unpaired) electrons. The van der Waals surface area contributed by atoms with Gasteiger partial charge in [-0.25, -0.2) is 4.79 Å². The summed E-state index contributed by atoms with van der Waals surface area (Å²) in [6, 6.07) is 0. The number of allylic oxidation sites excluding steroid dienone is 3. The van der Waals surface area contributed by atoms with Crippen LogP contribution in [-0.4, -0.2) is 44.1 Å². The molecule has 0 aromatic rings. The van der Waals surface area contributed by atoms with Crippen LogP contribution in [0.4, 0.5) is 0 Å². The second kappa shape index (κ2) is 6.15. The average molecular weight is 294 g/mol. The predicted octanol–water partition coefficient (Wildman–Crippen LogP) is 0.544. The summed E-state index contributed by atoms with van der Waals surface area (Å²) in [5.41, 5.74) is -4.52. The lowest BCUT2D eigenvalue weighted by atomic mass is 9.71. The van der Waals surface area contributed by atoms with E-state index in [1.807, 2.05) is 0 Å². The molecule has 2 unspecified atom stereocenters. The minimum absolute atomic E-state index is 0.0612. The molecule has 0 aromatic heterocycles. The van der Waals surface area contributed by atoms with Crippen molar-refractivity contribution in [3.05, 3.63) is 36.0 Å². The fourth-order valence-corrected chi connectivity index (χ4v) is 2.15. The molecule has 0 heterocycles. The molecule has 0 bridgehead atoms. The van der Waals surface area contributed by atoms with Crippen molar-refractivity contribution in [2.45, 2.75) is 37.9 Å². The first-order chi connectivity index (χ1) is 9.71. The van der Waals surface area contributed by atoms with Crippen LogP contribution in [0, 0.1) is 0 Å². The van der Waals surface area contributed by atoms with E-state index >= 15 is 0 Å². The molecule has 1 rings (SSSR count). The lowest BCUT2D eigenvalue weighted by Crippen LogP contribution is -2.62. The number of ketones is 2. The molecule has 0 aliphatic heterocycles. The maximum absolute atomic E-state index is 12.0. The van der Waals surface area contributed by atoms with Crippen molar-refractivity contribution in [3.8, 4) is 0 Å². The second-order valence-corrected chi connectivity index (χ2v) is 4.74. The highest BCUT2D eigenvalue weighted by atomic mass is 16.4. The monoisotopic (exact) mass is 294 g/mol. The third-order valence-electron chi connectivity index (χ3n) is 3.38. The molecule has 0 aromatic carbocycles. The third kappa shape index (κ3) is 3.01. The van der Waals surface area contributed by atoms with Crippen LogP contribution in [0.3, 0.4) is 0 Å². The molecule has 6 nitrogen and oxygen atoms in total. The number of carbonyl (C=O) groups excluding carboxylic acids is 2. The summed E-state index contributed by atoms with van der Waals surface area (Å²) in [5, 5.41) is 29.6. The van der Waals surface area contributed by atoms with Crippen molar-refractivity contribution in [2.24, 2.45) is 0 Å². The topological polar surface area (TPSA) is 112 Å². The highest BCUT2D eigenvalue weighted by molar-refractivity contribution is 6.02. The Balaban J connectivity index is 3.37. The number of carboxylic acid groups (broad SMARTS) is 1. The summed E-state index contributed by atoms with van der Waals surface area (Å²) in [4.78, 5) is 34.5. The number of carbonyl (C=O) groups is 3. The zero-order valence-corrected chi connectivity index (χ0v) is 11.9. The van der Waals surface area contributed by atoms with Gasteiger partial charge in [-0.15, -0.1) is 0 Å². The summed E-state index contributed by atoms with van der Waals surface area (Å²) in [7, 11) is 0. The molecule has 0 amide bonds. The predicted molar refractivity (Wildman–Crippen MR) is 74.5 cm³/mol. The molecule has 2 atom stereocenters. The van der Waals surface area contributed by atoms with E-state index in [1.165, 1.54) is 26.0 Å². The molecule has 0 saturated carbocycles. The molecular weight excluding hydrogens is 276 g/mol. The fraction of sp³-hybridized carbons (Fsp3) is 0.400. The summed E-state index contributed by atoms with van der Waals surface area (Å²) >= 11 is 0. The van der Waals surface area contributed by atoms with Crippen LogP contribution < -0.4 is 0 Å². The van der Waals surface area contributed by atoms with E-state index in [9.17, 15) is 24.6 Å². The van der Waals surface area contributed by atoms with Crippen molar-refractivity contribution in [3.63, 3.8) is 0 Å². The minimum Gasteiger partial charge on any atom is -0.478 e. The Labute approximate surface area is 122 Å². The molecule has 1 aliphatic rings. The number of rotatable bonds is 6. The van der Waals surface area contributed by atoms with Crippen LogP contribution in [0.2, 0.25) is 0 Å². The number of carboxylic acids is 1. The van der Waals surface area contributed by atoms with E-state index in [4.69, 9.17) is 5.11 Å². The van der Waals surface area contributed by atoms with Gasteiger partial charge in [-0.2, -0.15) is 0 Å². The van der Waals surface area contributed by atoms with Crippen LogP contribution in [-0.2, 0) is 14.4 Å². The van der Waals surface area contributed by atoms with E-state index in [0.717, 1.165) is 18.2 Å². The van der Waals surface area contributed by atoms with Crippen LogP contribution in [0.15, 0.2) is 36.0 Å². The van der Waals surface area contributed by atoms with Crippen LogP contribution in [0.25, 0.3) is 0 Å². The second-order valence-electron chi connectivity index (χ2n) is 4.74. The van der Waals surface area contributed by atoms with Crippen molar-refractivity contribution >= 4 is 17.5 Å². The van der Waals surface area contributed by atoms with Gasteiger partial charge in [-0.05, 0) is 23.8 Å². The molecular formula is C15H18O6. The largest absolute Gasteiger partial charge is 0.478 e. The van der Waals surface area contributed by atoms with Gasteiger partial charge in [-0.1, -0.05) is 19.9 Å². The van der Waals surface area contributed by atoms with Crippen LogP contribution >= 0.6 is 0 Å². The van der Waals surface area contributed by atoms with E-state index < -0.39 is 28.7 Å². The summed E-state index contributed by atoms with van der Waals surface area (Å²) in [6.45, 7) is 3.00. The summed E-state index contributed by atoms with van der Waals surface area (Å²) in [5.74, 6) is -2.61. The number of aliphatic hydroxyl groups is 2. The van der Waals surface area contributed by atoms with Gasteiger partial charge in [0.25, 0.3) is 0 Å². The Hall–Kier alpha value is -2.05. The normalized spacial score (nSPS) is 28.5. The standard InChI is InChI=1S/C15H18O6/c1-3-11(16)14(20)8-7-10(5-6-13(18)19)9-15(14,21)12(17)4-2/h5-9,20-21H,3-4H2,1-2H3,(H,18,19). The first-order valence-electron chi connectivity index (χ1n) is 6.55. The van der Waals surface area contributed by atoms with Gasteiger partial charge >= 0.3 is 5.97 Å². The number of Topliss-reactive ketones (excluding diaryl/α,β-unsaturated/α-hetero) is 2. The SMILES string of the molecule is CCC(=O)C1(O)C=CC(C=CC(=O)O)=CC1(O)C(=O)CC. The Morgan fingerprint density at radius 2 is 1.62 bits per heavy atom. The Bertz CT molecular complexity index is 557. The molecule has 0 spiro atoms. The molecule has 1 aliphatic carbocycles. The first kappa shape index (κ1) is 17.0. The number of aliphatic carboxylic acids is 1. The fourth-order valence-electron chi connectivity index (χ4n) is 2.15. The Kier molecular flexibility index (Phi) is 4.98. The number of hydrogen-bond donors (Lipinski definition) is 3. The smallest absolute Gasteiger partial charge is 0.328 e. The van der Waals surface area contributed by atoms with E-state index in [0.29, 0.717) is 0 Å². The van der Waals surface area contributed by atoms with Crippen LogP contribution in [0.1, 0.15) is 26.7 Å². The molecule has 21 heavy (non-hydrogen) atoms. The lowest BCUT2D eigenvalue weighted by Gasteiger charge is -2.39. The quantitative estimate of drug-likeness (QED) is 0.617. The maximum Gasteiger partial charge on any atom is 0.328 e. The highest BCUT2D eigenvalue weighted by Gasteiger charge is 2.56. The molecule has 0 saturated heterocycles. The maximum atomic E-state index is 12.0. The van der Waals surface area contributed by atoms with Crippen molar-refractivity contribution in [1.29, 1.82) is 0 Å². The highest BCUT2D eigenvalue weighted by Crippen LogP contribution is 2.35. The van der Waals surface area contributed by atoms with Gasteiger partial charge in [0.2, 0.25) is 0 Å². The zero-order chi connectivity index (χ0) is 16.3. The van der Waals surface area contributed by atoms with Gasteiger partial charge in [-0.3, -0.25) is 9.59 Å². The lowest BCUT2D eigenvalue weighted by molar-refractivity contribution is -0.164. The molecule has 0 fully saturated rings. The molecule has 3 N–H and O–H groups in total. The van der Waals surface area contributed by atoms with Crippen molar-refractivity contribution in [2.75, 3.05) is 0 Å². The third-order valence-corrected chi connectivity index (χ3v) is 3.38. The minimum atomic E-state index is -2.40. The van der Waals surface area contributed by atoms with Crippen molar-refractivity contribution in [1.82, 2.24) is 0 Å². The van der Waals surface area contributed by atoms with Gasteiger partial charge in [0.1, 0.15) is 0 Å². The summed E-state index contributed by atoms with van der Waals surface area (Å²) < 4.78 is 0. The van der Waals surface area contributed by atoms with Crippen molar-refractivity contribution < 1.29 is 29.7 Å². The molecule has 6 heteroatoms. The van der Waals surface area contributed by atoms with E-state index in [-0.39, 0.29) is 18.4 Å². The van der Waals surface area contributed by atoms with E-state index in [2.05, 4.69) is 0 Å². The molecule has 114 valence electrons. The Morgan fingerprint density at radius 1 is 1.10 bits per heavy atom. The van der Waals surface area contributed by atoms with Gasteiger partial charge < -0.3 is 15.3 Å². The van der Waals surface area contributed by atoms with E-state index in [1.54, 1.807) is 0 Å². The Morgan fingerprint density at radius 3 is 2.10 bits per heavy atom. The van der Waals surface area contributed by atoms with Gasteiger partial charge in [0.05, 0.1) is 0 Å². The zero-order valence-electron chi connectivity index (χ0n) is 11.9. The van der Waals surface area contributed by atoms with Gasteiger partial charge in [0, 0.05) is 18.9 Å².